The summed E-state index contributed by atoms with van der Waals surface area (Å²) in [4.78, 5) is 30.0. The van der Waals surface area contributed by atoms with Gasteiger partial charge in [-0.25, -0.2) is 0 Å². The van der Waals surface area contributed by atoms with Crippen LogP contribution in [0, 0.1) is 0 Å². The van der Waals surface area contributed by atoms with Crippen LogP contribution in [0.3, 0.4) is 0 Å². The van der Waals surface area contributed by atoms with Gasteiger partial charge in [-0.3, -0.25) is 14.4 Å². The molecule has 0 saturated heterocycles. The van der Waals surface area contributed by atoms with Gasteiger partial charge in [0.05, 0.1) is 6.61 Å². The van der Waals surface area contributed by atoms with Gasteiger partial charge in [-0.1, -0.05) is 6.42 Å². The molecule has 0 aromatic heterocycles. The first-order valence-electron chi connectivity index (χ1n) is 7.33. The van der Waals surface area contributed by atoms with Crippen molar-refractivity contribution in [2.75, 3.05) is 19.7 Å². The maximum Gasteiger partial charge on any atom is 0.320 e. The van der Waals surface area contributed by atoms with E-state index in [1.807, 2.05) is 0 Å². The van der Waals surface area contributed by atoms with E-state index < -0.39 is 30.0 Å². The van der Waals surface area contributed by atoms with Crippen molar-refractivity contribution in [3.63, 3.8) is 0 Å². The second-order valence-corrected chi connectivity index (χ2v) is 4.62. The lowest BCUT2D eigenvalue weighted by atomic mass is 10.1. The van der Waals surface area contributed by atoms with Gasteiger partial charge >= 0.3 is 17.9 Å². The van der Waals surface area contributed by atoms with Crippen LogP contribution >= 0.6 is 0 Å². The first-order chi connectivity index (χ1) is 11.1. The number of carboxylic acid groups (broad SMARTS) is 3. The van der Waals surface area contributed by atoms with E-state index in [2.05, 4.69) is 0 Å². The van der Waals surface area contributed by atoms with Gasteiger partial charge in [-0.2, -0.15) is 0 Å². The number of hydrogen-bond acceptors (Lipinski definition) is 8. The predicted octanol–water partition coefficient (Wildman–Crippen LogP) is -2.27. The number of carboxylic acids is 3. The van der Waals surface area contributed by atoms with Crippen LogP contribution in [-0.2, 0) is 14.4 Å². The minimum absolute atomic E-state index is 0.0231. The Morgan fingerprint density at radius 1 is 0.792 bits per heavy atom. The fourth-order valence-electron chi connectivity index (χ4n) is 1.03. The third kappa shape index (κ3) is 25.2. The average Bonchev–Trinajstić information content (AvgIpc) is 2.53. The zero-order valence-corrected chi connectivity index (χ0v) is 13.6. The zero-order valence-electron chi connectivity index (χ0n) is 13.6. The lowest BCUT2D eigenvalue weighted by Crippen LogP contribution is -2.30. The third-order valence-electron chi connectivity index (χ3n) is 2.40. The highest BCUT2D eigenvalue weighted by Gasteiger charge is 2.12. The quantitative estimate of drug-likeness (QED) is 0.194. The SMILES string of the molecule is NCCCC[C@H](N)C(=O)O.NCCO.N[C@@H](CCC(=O)O)C(=O)O. The van der Waals surface area contributed by atoms with Gasteiger partial charge in [0.15, 0.2) is 0 Å². The molecule has 0 heterocycles. The molecule has 24 heavy (non-hydrogen) atoms. The van der Waals surface area contributed by atoms with Gasteiger partial charge in [-0.05, 0) is 25.8 Å². The summed E-state index contributed by atoms with van der Waals surface area (Å²) in [6.45, 7) is 1.08. The van der Waals surface area contributed by atoms with Gasteiger partial charge in [0.2, 0.25) is 0 Å². The molecular formula is C13H30N4O7. The number of rotatable bonds is 10. The van der Waals surface area contributed by atoms with Gasteiger partial charge in [-0.15, -0.1) is 0 Å². The molecule has 0 aliphatic rings. The monoisotopic (exact) mass is 354 g/mol. The Labute approximate surface area is 140 Å². The van der Waals surface area contributed by atoms with E-state index in [9.17, 15) is 14.4 Å². The lowest BCUT2D eigenvalue weighted by molar-refractivity contribution is -0.140. The fourth-order valence-corrected chi connectivity index (χ4v) is 1.03. The Bertz CT molecular complexity index is 340. The summed E-state index contributed by atoms with van der Waals surface area (Å²) in [6, 6.07) is -1.78. The molecule has 12 N–H and O–H groups in total. The largest absolute Gasteiger partial charge is 0.481 e. The summed E-state index contributed by atoms with van der Waals surface area (Å²) >= 11 is 0. The highest BCUT2D eigenvalue weighted by atomic mass is 16.4. The van der Waals surface area contributed by atoms with E-state index in [0.717, 1.165) is 12.8 Å². The standard InChI is InChI=1S/C6H14N2O2.C5H9NO4.C2H7NO/c7-4-2-1-3-5(8)6(9)10;6-3(5(9)10)1-2-4(7)8;3-1-2-4/h5H,1-4,7-8H2,(H,9,10);3H,1-2,6H2,(H,7,8)(H,9,10);4H,1-3H2/t5-;3-;/m00./s1. The van der Waals surface area contributed by atoms with E-state index in [1.165, 1.54) is 0 Å². The molecule has 11 heteroatoms. The summed E-state index contributed by atoms with van der Waals surface area (Å²) in [5.41, 5.74) is 20.2. The molecule has 0 radical (unpaired) electrons. The highest BCUT2D eigenvalue weighted by Crippen LogP contribution is 1.97. The Morgan fingerprint density at radius 2 is 1.21 bits per heavy atom. The number of nitrogens with two attached hydrogens (primary N) is 4. The Kier molecular flexibility index (Phi) is 21.7. The van der Waals surface area contributed by atoms with Crippen molar-refractivity contribution >= 4 is 17.9 Å². The van der Waals surface area contributed by atoms with E-state index in [-0.39, 0.29) is 19.4 Å². The van der Waals surface area contributed by atoms with E-state index >= 15 is 0 Å². The second-order valence-electron chi connectivity index (χ2n) is 4.62. The predicted molar refractivity (Wildman–Crippen MR) is 87.1 cm³/mol. The van der Waals surface area contributed by atoms with Gasteiger partial charge in [0, 0.05) is 13.0 Å². The third-order valence-corrected chi connectivity index (χ3v) is 2.40. The first-order valence-corrected chi connectivity index (χ1v) is 7.33. The minimum atomic E-state index is -1.17. The van der Waals surface area contributed by atoms with E-state index in [4.69, 9.17) is 43.4 Å². The highest BCUT2D eigenvalue weighted by molar-refractivity contribution is 5.74. The molecule has 0 aliphatic heterocycles. The molecule has 0 rings (SSSR count). The summed E-state index contributed by atoms with van der Waals surface area (Å²) in [7, 11) is 0. The van der Waals surface area contributed by atoms with Crippen LogP contribution in [0.1, 0.15) is 32.1 Å². The number of aliphatic hydroxyl groups is 1. The molecular weight excluding hydrogens is 324 g/mol. The van der Waals surface area contributed by atoms with Crippen molar-refractivity contribution in [2.45, 2.75) is 44.2 Å². The Hall–Kier alpha value is -1.79. The maximum absolute atomic E-state index is 10.1. The van der Waals surface area contributed by atoms with Crippen LogP contribution in [0.2, 0.25) is 0 Å². The van der Waals surface area contributed by atoms with Crippen molar-refractivity contribution in [2.24, 2.45) is 22.9 Å². The van der Waals surface area contributed by atoms with Crippen LogP contribution in [0.15, 0.2) is 0 Å². The average molecular weight is 354 g/mol. The van der Waals surface area contributed by atoms with Crippen molar-refractivity contribution in [3.05, 3.63) is 0 Å². The van der Waals surface area contributed by atoms with Crippen molar-refractivity contribution in [1.29, 1.82) is 0 Å². The van der Waals surface area contributed by atoms with Gasteiger partial charge in [0.1, 0.15) is 12.1 Å². The van der Waals surface area contributed by atoms with E-state index in [1.54, 1.807) is 0 Å². The van der Waals surface area contributed by atoms with Crippen molar-refractivity contribution < 1.29 is 34.8 Å². The molecule has 2 atom stereocenters. The van der Waals surface area contributed by atoms with E-state index in [0.29, 0.717) is 19.5 Å². The lowest BCUT2D eigenvalue weighted by Gasteiger charge is -2.03. The zero-order chi connectivity index (χ0) is 19.5. The van der Waals surface area contributed by atoms with Gasteiger partial charge in [0.25, 0.3) is 0 Å². The van der Waals surface area contributed by atoms with Crippen LogP contribution in [-0.4, -0.2) is 70.1 Å². The number of hydrogen-bond donors (Lipinski definition) is 8. The summed E-state index contributed by atoms with van der Waals surface area (Å²) in [6.07, 6.45) is 1.94. The molecule has 0 bridgehead atoms. The normalized spacial score (nSPS) is 11.9. The summed E-state index contributed by atoms with van der Waals surface area (Å²) in [5.74, 6) is -3.13. The molecule has 0 amide bonds. The number of carbonyl (C=O) groups is 3. The first kappa shape index (κ1) is 27.1. The van der Waals surface area contributed by atoms with Crippen molar-refractivity contribution in [3.8, 4) is 0 Å². The number of aliphatic hydroxyl groups excluding tert-OH is 1. The Balaban J connectivity index is -0.000000301. The molecule has 0 unspecified atom stereocenters. The molecule has 11 nitrogen and oxygen atoms in total. The molecule has 0 aromatic carbocycles. The van der Waals surface area contributed by atoms with Crippen LogP contribution in [0.25, 0.3) is 0 Å². The van der Waals surface area contributed by atoms with Crippen LogP contribution < -0.4 is 22.9 Å². The second kappa shape index (κ2) is 19.3. The number of unbranched alkanes of at least 4 members (excludes halogenated alkanes) is 1. The fraction of sp³-hybridized carbons (Fsp3) is 0.769. The van der Waals surface area contributed by atoms with Crippen LogP contribution in [0.4, 0.5) is 0 Å². The summed E-state index contributed by atoms with van der Waals surface area (Å²) < 4.78 is 0. The minimum Gasteiger partial charge on any atom is -0.481 e. The molecule has 0 fully saturated rings. The molecule has 0 saturated carbocycles. The molecule has 144 valence electrons. The molecule has 0 spiro atoms. The summed E-state index contributed by atoms with van der Waals surface area (Å²) in [5, 5.41) is 32.3. The van der Waals surface area contributed by atoms with Crippen LogP contribution in [0.5, 0.6) is 0 Å². The number of aliphatic carboxylic acids is 3. The maximum atomic E-state index is 10.1. The van der Waals surface area contributed by atoms with Crippen molar-refractivity contribution in [1.82, 2.24) is 0 Å². The molecule has 0 aliphatic carbocycles. The Morgan fingerprint density at radius 3 is 1.50 bits per heavy atom. The molecule has 0 aromatic rings. The topological polar surface area (TPSA) is 236 Å². The van der Waals surface area contributed by atoms with Gasteiger partial charge < -0.3 is 43.4 Å². The smallest absolute Gasteiger partial charge is 0.320 e.